The molecule has 0 saturated carbocycles. The molecule has 0 unspecified atom stereocenters. The van der Waals surface area contributed by atoms with Crippen LogP contribution in [0.3, 0.4) is 0 Å². The van der Waals surface area contributed by atoms with E-state index in [4.69, 9.17) is 4.42 Å². The Morgan fingerprint density at radius 2 is 1.68 bits per heavy atom. The maximum atomic E-state index is 12.7. The second kappa shape index (κ2) is 7.87. The standard InChI is InChI=1S/C19H18N6O3/c26-16(14-5-2-1-3-6-14)23-19-22-15(13-28-19)17(27)24-9-11-25(12-10-24)18-20-7-4-8-21-18/h1-8,13H,9-12H2,(H,22,23,26). The molecule has 2 amide bonds. The minimum atomic E-state index is -0.349. The highest BCUT2D eigenvalue weighted by molar-refractivity contribution is 6.03. The number of nitrogens with zero attached hydrogens (tertiary/aromatic N) is 5. The Morgan fingerprint density at radius 3 is 2.39 bits per heavy atom. The molecule has 1 aliphatic rings. The number of amides is 2. The minimum absolute atomic E-state index is 0.00600. The molecular weight excluding hydrogens is 360 g/mol. The van der Waals surface area contributed by atoms with Crippen molar-refractivity contribution >= 4 is 23.8 Å². The second-order valence-corrected chi connectivity index (χ2v) is 6.19. The zero-order chi connectivity index (χ0) is 19.3. The quantitative estimate of drug-likeness (QED) is 0.736. The average molecular weight is 378 g/mol. The van der Waals surface area contributed by atoms with E-state index in [0.717, 1.165) is 0 Å². The van der Waals surface area contributed by atoms with Crippen LogP contribution < -0.4 is 10.2 Å². The number of hydrogen-bond acceptors (Lipinski definition) is 7. The number of hydrogen-bond donors (Lipinski definition) is 1. The summed E-state index contributed by atoms with van der Waals surface area (Å²) in [5.41, 5.74) is 0.639. The molecule has 28 heavy (non-hydrogen) atoms. The van der Waals surface area contributed by atoms with Crippen LogP contribution >= 0.6 is 0 Å². The molecule has 9 heteroatoms. The van der Waals surface area contributed by atoms with Crippen LogP contribution in [-0.2, 0) is 0 Å². The zero-order valence-electron chi connectivity index (χ0n) is 15.0. The van der Waals surface area contributed by atoms with Crippen molar-refractivity contribution in [2.45, 2.75) is 0 Å². The molecule has 0 atom stereocenters. The van der Waals surface area contributed by atoms with Gasteiger partial charge in [0, 0.05) is 44.1 Å². The number of nitrogens with one attached hydrogen (secondary N) is 1. The van der Waals surface area contributed by atoms with Crippen LogP contribution in [0.25, 0.3) is 0 Å². The van der Waals surface area contributed by atoms with Crippen LogP contribution in [0.5, 0.6) is 0 Å². The van der Waals surface area contributed by atoms with Crippen LogP contribution in [0, 0.1) is 0 Å². The van der Waals surface area contributed by atoms with Crippen molar-refractivity contribution in [3.05, 3.63) is 66.3 Å². The molecule has 0 bridgehead atoms. The molecular formula is C19H18N6O3. The SMILES string of the molecule is O=C(Nc1nc(C(=O)N2CCN(c3ncccn3)CC2)co1)c1ccccc1. The fourth-order valence-corrected chi connectivity index (χ4v) is 2.91. The summed E-state index contributed by atoms with van der Waals surface area (Å²) in [6, 6.07) is 10.5. The predicted octanol–water partition coefficient (Wildman–Crippen LogP) is 1.68. The summed E-state index contributed by atoms with van der Waals surface area (Å²) in [4.78, 5) is 41.1. The van der Waals surface area contributed by atoms with E-state index in [0.29, 0.717) is 37.7 Å². The van der Waals surface area contributed by atoms with E-state index in [2.05, 4.69) is 20.3 Å². The van der Waals surface area contributed by atoms with Gasteiger partial charge in [-0.1, -0.05) is 18.2 Å². The van der Waals surface area contributed by atoms with E-state index in [1.807, 2.05) is 11.0 Å². The number of anilines is 2. The number of piperazine rings is 1. The first-order valence-corrected chi connectivity index (χ1v) is 8.84. The average Bonchev–Trinajstić information content (AvgIpc) is 3.23. The third-order valence-corrected chi connectivity index (χ3v) is 4.38. The van der Waals surface area contributed by atoms with Crippen molar-refractivity contribution in [3.8, 4) is 0 Å². The molecule has 0 aliphatic carbocycles. The highest BCUT2D eigenvalue weighted by Crippen LogP contribution is 2.15. The Labute approximate surface area is 161 Å². The van der Waals surface area contributed by atoms with Crippen LogP contribution in [-0.4, -0.2) is 57.8 Å². The molecule has 1 N–H and O–H groups in total. The van der Waals surface area contributed by atoms with Crippen LogP contribution in [0.1, 0.15) is 20.8 Å². The maximum Gasteiger partial charge on any atom is 0.302 e. The van der Waals surface area contributed by atoms with Gasteiger partial charge in [0.15, 0.2) is 5.69 Å². The normalized spacial score (nSPS) is 14.0. The van der Waals surface area contributed by atoms with Crippen molar-refractivity contribution in [1.29, 1.82) is 0 Å². The molecule has 1 aromatic carbocycles. The predicted molar refractivity (Wildman–Crippen MR) is 101 cm³/mol. The molecule has 0 radical (unpaired) electrons. The highest BCUT2D eigenvalue weighted by Gasteiger charge is 2.25. The van der Waals surface area contributed by atoms with Gasteiger partial charge >= 0.3 is 6.01 Å². The van der Waals surface area contributed by atoms with Crippen molar-refractivity contribution in [2.24, 2.45) is 0 Å². The molecule has 0 spiro atoms. The topological polar surface area (TPSA) is 104 Å². The monoisotopic (exact) mass is 378 g/mol. The Bertz CT molecular complexity index is 952. The third kappa shape index (κ3) is 3.83. The lowest BCUT2D eigenvalue weighted by Gasteiger charge is -2.34. The van der Waals surface area contributed by atoms with Crippen molar-refractivity contribution in [1.82, 2.24) is 19.9 Å². The number of benzene rings is 1. The van der Waals surface area contributed by atoms with E-state index in [-0.39, 0.29) is 23.5 Å². The first-order valence-electron chi connectivity index (χ1n) is 8.84. The van der Waals surface area contributed by atoms with Crippen LogP contribution in [0.4, 0.5) is 12.0 Å². The lowest BCUT2D eigenvalue weighted by Crippen LogP contribution is -2.49. The first-order chi connectivity index (χ1) is 13.7. The van der Waals surface area contributed by atoms with Gasteiger partial charge in [-0.15, -0.1) is 0 Å². The highest BCUT2D eigenvalue weighted by atomic mass is 16.4. The number of carbonyl (C=O) groups excluding carboxylic acids is 2. The minimum Gasteiger partial charge on any atom is -0.431 e. The van der Waals surface area contributed by atoms with E-state index in [1.54, 1.807) is 47.6 Å². The molecule has 2 aromatic heterocycles. The largest absolute Gasteiger partial charge is 0.431 e. The number of aromatic nitrogens is 3. The maximum absolute atomic E-state index is 12.7. The number of oxazole rings is 1. The fraction of sp³-hybridized carbons (Fsp3) is 0.211. The molecule has 142 valence electrons. The summed E-state index contributed by atoms with van der Waals surface area (Å²) in [7, 11) is 0. The van der Waals surface area contributed by atoms with E-state index >= 15 is 0 Å². The van der Waals surface area contributed by atoms with Crippen LogP contribution in [0.15, 0.2) is 59.5 Å². The molecule has 3 heterocycles. The molecule has 9 nitrogen and oxygen atoms in total. The summed E-state index contributed by atoms with van der Waals surface area (Å²) in [5, 5.41) is 2.55. The second-order valence-electron chi connectivity index (χ2n) is 6.19. The van der Waals surface area contributed by atoms with Gasteiger partial charge in [0.1, 0.15) is 6.26 Å². The van der Waals surface area contributed by atoms with E-state index in [9.17, 15) is 9.59 Å². The lowest BCUT2D eigenvalue weighted by atomic mass is 10.2. The van der Waals surface area contributed by atoms with Crippen molar-refractivity contribution in [3.63, 3.8) is 0 Å². The summed E-state index contributed by atoms with van der Waals surface area (Å²) in [6.07, 6.45) is 4.65. The van der Waals surface area contributed by atoms with Gasteiger partial charge in [-0.2, -0.15) is 4.98 Å². The van der Waals surface area contributed by atoms with Crippen molar-refractivity contribution in [2.75, 3.05) is 36.4 Å². The van der Waals surface area contributed by atoms with Crippen LogP contribution in [0.2, 0.25) is 0 Å². The molecule has 1 saturated heterocycles. The first kappa shape index (κ1) is 17.7. The summed E-state index contributed by atoms with van der Waals surface area (Å²) >= 11 is 0. The lowest BCUT2D eigenvalue weighted by molar-refractivity contribution is 0.0740. The Morgan fingerprint density at radius 1 is 0.964 bits per heavy atom. The molecule has 1 fully saturated rings. The van der Waals surface area contributed by atoms with Crippen molar-refractivity contribution < 1.29 is 14.0 Å². The van der Waals surface area contributed by atoms with E-state index < -0.39 is 0 Å². The number of rotatable bonds is 4. The smallest absolute Gasteiger partial charge is 0.302 e. The molecule has 3 aromatic rings. The van der Waals surface area contributed by atoms with Gasteiger partial charge in [-0.05, 0) is 18.2 Å². The third-order valence-electron chi connectivity index (χ3n) is 4.38. The summed E-state index contributed by atoms with van der Waals surface area (Å²) < 4.78 is 5.24. The Hall–Kier alpha value is -3.75. The molecule has 1 aliphatic heterocycles. The van der Waals surface area contributed by atoms with Gasteiger partial charge in [0.2, 0.25) is 5.95 Å². The fourth-order valence-electron chi connectivity index (χ4n) is 2.91. The Balaban J connectivity index is 1.35. The summed E-state index contributed by atoms with van der Waals surface area (Å²) in [6.45, 7) is 2.31. The zero-order valence-corrected chi connectivity index (χ0v) is 15.0. The van der Waals surface area contributed by atoms with Gasteiger partial charge in [-0.3, -0.25) is 14.9 Å². The van der Waals surface area contributed by atoms with Gasteiger partial charge < -0.3 is 14.2 Å². The Kier molecular flexibility index (Phi) is 4.96. The van der Waals surface area contributed by atoms with Gasteiger partial charge in [0.25, 0.3) is 11.8 Å². The molecule has 4 rings (SSSR count). The number of carbonyl (C=O) groups is 2. The summed E-state index contributed by atoms with van der Waals surface area (Å²) in [5.74, 6) is 0.0671. The van der Waals surface area contributed by atoms with Gasteiger partial charge in [0.05, 0.1) is 0 Å². The van der Waals surface area contributed by atoms with Gasteiger partial charge in [-0.25, -0.2) is 9.97 Å². The van der Waals surface area contributed by atoms with E-state index in [1.165, 1.54) is 6.26 Å².